The lowest BCUT2D eigenvalue weighted by atomic mass is 10.3. The summed E-state index contributed by atoms with van der Waals surface area (Å²) in [7, 11) is -3.49. The van der Waals surface area contributed by atoms with Crippen LogP contribution >= 0.6 is 15.9 Å². The number of quaternary nitrogens is 1. The summed E-state index contributed by atoms with van der Waals surface area (Å²) in [5, 5.41) is 0. The fourth-order valence-electron chi connectivity index (χ4n) is 2.26. The number of hydrogen-bond acceptors (Lipinski definition) is 3. The highest BCUT2D eigenvalue weighted by molar-refractivity contribution is 9.10. The maximum absolute atomic E-state index is 12.5. The van der Waals surface area contributed by atoms with Crippen molar-refractivity contribution in [2.24, 2.45) is 5.73 Å². The molecule has 0 spiro atoms. The van der Waals surface area contributed by atoms with Crippen LogP contribution in [0.25, 0.3) is 0 Å². The summed E-state index contributed by atoms with van der Waals surface area (Å²) in [6.45, 7) is 2.22. The first-order chi connectivity index (χ1) is 9.41. The highest BCUT2D eigenvalue weighted by atomic mass is 79.9. The first-order valence-electron chi connectivity index (χ1n) is 6.28. The number of benzene rings is 1. The average molecular weight is 363 g/mol. The monoisotopic (exact) mass is 362 g/mol. The largest absolute Gasteiger partial charge is 0.365 e. The summed E-state index contributed by atoms with van der Waals surface area (Å²) in [6.07, 6.45) is 0. The molecule has 8 heteroatoms. The standard InChI is InChI=1S/C12H16BrN3O3S/c13-10-3-1-2-4-11(10)20(18,19)16-7-5-15(6-8-16)9-12(14)17/h1-4H,5-9H2,(H2,14,17)/p+1. The van der Waals surface area contributed by atoms with Crippen LogP contribution in [0.1, 0.15) is 0 Å². The lowest BCUT2D eigenvalue weighted by Crippen LogP contribution is -3.15. The van der Waals surface area contributed by atoms with Crippen molar-refractivity contribution in [2.75, 3.05) is 32.7 Å². The summed E-state index contributed by atoms with van der Waals surface area (Å²) >= 11 is 3.27. The summed E-state index contributed by atoms with van der Waals surface area (Å²) in [6, 6.07) is 6.77. The SMILES string of the molecule is NC(=O)C[NH+]1CCN(S(=O)(=O)c2ccccc2Br)CC1. The van der Waals surface area contributed by atoms with E-state index in [1.807, 2.05) is 0 Å². The molecule has 1 aliphatic heterocycles. The molecular weight excluding hydrogens is 346 g/mol. The van der Waals surface area contributed by atoms with E-state index in [1.165, 1.54) is 4.31 Å². The van der Waals surface area contributed by atoms with Gasteiger partial charge in [0.2, 0.25) is 10.0 Å². The Morgan fingerprint density at radius 3 is 2.45 bits per heavy atom. The van der Waals surface area contributed by atoms with Crippen LogP contribution in [-0.2, 0) is 14.8 Å². The number of nitrogens with one attached hydrogen (secondary N) is 1. The van der Waals surface area contributed by atoms with Gasteiger partial charge in [-0.05, 0) is 28.1 Å². The average Bonchev–Trinajstić information content (AvgIpc) is 2.39. The molecule has 20 heavy (non-hydrogen) atoms. The molecule has 1 aromatic rings. The van der Waals surface area contributed by atoms with E-state index < -0.39 is 10.0 Å². The molecule has 1 heterocycles. The van der Waals surface area contributed by atoms with Crippen molar-refractivity contribution in [3.05, 3.63) is 28.7 Å². The molecule has 1 saturated heterocycles. The van der Waals surface area contributed by atoms with Crippen molar-refractivity contribution < 1.29 is 18.1 Å². The Labute approximate surface area is 126 Å². The Morgan fingerprint density at radius 1 is 1.30 bits per heavy atom. The molecule has 0 atom stereocenters. The first-order valence-corrected chi connectivity index (χ1v) is 8.51. The number of amides is 1. The Morgan fingerprint density at radius 2 is 1.90 bits per heavy atom. The minimum absolute atomic E-state index is 0.253. The third-order valence-corrected chi connectivity index (χ3v) is 6.22. The number of primary amides is 1. The molecular formula is C12H17BrN3O3S+. The maximum atomic E-state index is 12.5. The van der Waals surface area contributed by atoms with Gasteiger partial charge in [0.25, 0.3) is 5.91 Å². The van der Waals surface area contributed by atoms with E-state index >= 15 is 0 Å². The fourth-order valence-corrected chi connectivity index (χ4v) is 4.66. The van der Waals surface area contributed by atoms with Crippen LogP contribution in [0.4, 0.5) is 0 Å². The molecule has 0 saturated carbocycles. The van der Waals surface area contributed by atoms with E-state index in [-0.39, 0.29) is 17.3 Å². The molecule has 0 radical (unpaired) electrons. The lowest BCUT2D eigenvalue weighted by molar-refractivity contribution is -0.895. The van der Waals surface area contributed by atoms with Crippen molar-refractivity contribution in [1.82, 2.24) is 4.31 Å². The van der Waals surface area contributed by atoms with Gasteiger partial charge >= 0.3 is 0 Å². The van der Waals surface area contributed by atoms with Crippen LogP contribution in [0.15, 0.2) is 33.6 Å². The highest BCUT2D eigenvalue weighted by Crippen LogP contribution is 2.24. The summed E-state index contributed by atoms with van der Waals surface area (Å²) < 4.78 is 27.1. The number of hydrogen-bond donors (Lipinski definition) is 2. The third-order valence-electron chi connectivity index (χ3n) is 3.31. The van der Waals surface area contributed by atoms with Gasteiger partial charge in [-0.15, -0.1) is 0 Å². The summed E-state index contributed by atoms with van der Waals surface area (Å²) in [5.41, 5.74) is 5.16. The van der Waals surface area contributed by atoms with Crippen LogP contribution in [-0.4, -0.2) is 51.4 Å². The summed E-state index contributed by atoms with van der Waals surface area (Å²) in [4.78, 5) is 12.2. The molecule has 0 aromatic heterocycles. The van der Waals surface area contributed by atoms with Crippen molar-refractivity contribution in [2.45, 2.75) is 4.90 Å². The minimum Gasteiger partial charge on any atom is -0.365 e. The number of rotatable bonds is 4. The molecule has 0 unspecified atom stereocenters. The van der Waals surface area contributed by atoms with Gasteiger partial charge in [-0.1, -0.05) is 12.1 Å². The van der Waals surface area contributed by atoms with Gasteiger partial charge in [0.1, 0.15) is 0 Å². The number of nitrogens with two attached hydrogens (primary N) is 1. The zero-order valence-electron chi connectivity index (χ0n) is 10.9. The third kappa shape index (κ3) is 3.38. The van der Waals surface area contributed by atoms with Crippen molar-refractivity contribution in [3.63, 3.8) is 0 Å². The maximum Gasteiger partial charge on any atom is 0.272 e. The first kappa shape index (κ1) is 15.4. The number of carbonyl (C=O) groups excluding carboxylic acids is 1. The minimum atomic E-state index is -3.49. The molecule has 1 aliphatic rings. The van der Waals surface area contributed by atoms with Gasteiger partial charge in [-0.25, -0.2) is 8.42 Å². The van der Waals surface area contributed by atoms with Crippen molar-refractivity contribution in [3.8, 4) is 0 Å². The van der Waals surface area contributed by atoms with E-state index in [4.69, 9.17) is 5.73 Å². The molecule has 0 bridgehead atoms. The smallest absolute Gasteiger partial charge is 0.272 e. The van der Waals surface area contributed by atoms with Crippen LogP contribution in [0.3, 0.4) is 0 Å². The van der Waals surface area contributed by atoms with Gasteiger partial charge in [-0.2, -0.15) is 4.31 Å². The van der Waals surface area contributed by atoms with E-state index in [1.54, 1.807) is 24.3 Å². The second-order valence-electron chi connectivity index (χ2n) is 4.73. The second kappa shape index (κ2) is 6.21. The Balaban J connectivity index is 2.10. The van der Waals surface area contributed by atoms with E-state index in [0.29, 0.717) is 30.7 Å². The van der Waals surface area contributed by atoms with Gasteiger partial charge in [0.15, 0.2) is 6.54 Å². The predicted octanol–water partition coefficient (Wildman–Crippen LogP) is -1.18. The van der Waals surface area contributed by atoms with Crippen LogP contribution in [0.2, 0.25) is 0 Å². The van der Waals surface area contributed by atoms with Gasteiger partial charge < -0.3 is 10.6 Å². The van der Waals surface area contributed by atoms with E-state index in [0.717, 1.165) is 4.90 Å². The molecule has 2 rings (SSSR count). The molecule has 1 aromatic carbocycles. The molecule has 110 valence electrons. The molecule has 3 N–H and O–H groups in total. The quantitative estimate of drug-likeness (QED) is 0.707. The van der Waals surface area contributed by atoms with Gasteiger partial charge in [-0.3, -0.25) is 4.79 Å². The normalized spacial score (nSPS) is 18.1. The van der Waals surface area contributed by atoms with Crippen LogP contribution in [0.5, 0.6) is 0 Å². The lowest BCUT2D eigenvalue weighted by Gasteiger charge is -2.31. The van der Waals surface area contributed by atoms with Crippen molar-refractivity contribution in [1.29, 1.82) is 0 Å². The Bertz CT molecular complexity index is 598. The van der Waals surface area contributed by atoms with Crippen molar-refractivity contribution >= 4 is 31.9 Å². The van der Waals surface area contributed by atoms with Crippen LogP contribution < -0.4 is 10.6 Å². The topological polar surface area (TPSA) is 84.9 Å². The number of carbonyl (C=O) groups is 1. The van der Waals surface area contributed by atoms with Crippen LogP contribution in [0, 0.1) is 0 Å². The molecule has 1 amide bonds. The molecule has 6 nitrogen and oxygen atoms in total. The zero-order valence-corrected chi connectivity index (χ0v) is 13.3. The molecule has 1 fully saturated rings. The van der Waals surface area contributed by atoms with E-state index in [2.05, 4.69) is 15.9 Å². The second-order valence-corrected chi connectivity index (χ2v) is 7.49. The fraction of sp³-hybridized carbons (Fsp3) is 0.417. The van der Waals surface area contributed by atoms with E-state index in [9.17, 15) is 13.2 Å². The summed E-state index contributed by atoms with van der Waals surface area (Å²) in [5.74, 6) is -0.359. The Hall–Kier alpha value is -0.960. The highest BCUT2D eigenvalue weighted by Gasteiger charge is 2.31. The predicted molar refractivity (Wildman–Crippen MR) is 77.7 cm³/mol. The van der Waals surface area contributed by atoms with Gasteiger partial charge in [0.05, 0.1) is 31.1 Å². The Kier molecular flexibility index (Phi) is 4.79. The number of piperazine rings is 1. The number of sulfonamides is 1. The van der Waals surface area contributed by atoms with Gasteiger partial charge in [0, 0.05) is 4.47 Å². The number of halogens is 1. The zero-order chi connectivity index (χ0) is 14.8. The number of nitrogens with zero attached hydrogens (tertiary/aromatic N) is 1. The molecule has 0 aliphatic carbocycles.